The van der Waals surface area contributed by atoms with Crippen LogP contribution < -0.4 is 5.73 Å². The van der Waals surface area contributed by atoms with E-state index < -0.39 is 0 Å². The average Bonchev–Trinajstić information content (AvgIpc) is 2.71. The largest absolute Gasteiger partial charge is 0.330 e. The highest BCUT2D eigenvalue weighted by Crippen LogP contribution is 2.09. The minimum atomic E-state index is 0.491. The smallest absolute Gasteiger partial charge is 0.137 e. The summed E-state index contributed by atoms with van der Waals surface area (Å²) in [5.41, 5.74) is 7.68. The van der Waals surface area contributed by atoms with Crippen LogP contribution in [0, 0.1) is 0 Å². The lowest BCUT2D eigenvalue weighted by Gasteiger charge is -2.23. The first-order valence-electron chi connectivity index (χ1n) is 6.03. The highest BCUT2D eigenvalue weighted by molar-refractivity contribution is 5.39. The van der Waals surface area contributed by atoms with E-state index in [1.165, 1.54) is 0 Å². The van der Waals surface area contributed by atoms with E-state index in [4.69, 9.17) is 5.73 Å². The number of nitrogens with two attached hydrogens (primary N) is 1. The quantitative estimate of drug-likeness (QED) is 0.850. The molecule has 0 aliphatic heterocycles. The number of rotatable bonds is 5. The molecule has 2 aromatic rings. The summed E-state index contributed by atoms with van der Waals surface area (Å²) >= 11 is 0. The van der Waals surface area contributed by atoms with Crippen LogP contribution in [0.5, 0.6) is 0 Å². The van der Waals surface area contributed by atoms with E-state index >= 15 is 0 Å². The summed E-state index contributed by atoms with van der Waals surface area (Å²) in [7, 11) is 2.12. The molecule has 0 fully saturated rings. The number of nitrogens with zero attached hydrogens (tertiary/aromatic N) is 3. The maximum atomic E-state index is 5.58. The Labute approximate surface area is 102 Å². The zero-order valence-corrected chi connectivity index (χ0v) is 10.5. The molecule has 0 saturated carbocycles. The fourth-order valence-corrected chi connectivity index (χ4v) is 1.94. The molecule has 4 nitrogen and oxygen atoms in total. The van der Waals surface area contributed by atoms with E-state index in [1.807, 2.05) is 24.4 Å². The monoisotopic (exact) mass is 232 g/mol. The molecule has 2 N–H and O–H groups in total. The molecule has 0 spiro atoms. The van der Waals surface area contributed by atoms with Crippen molar-refractivity contribution in [1.82, 2.24) is 14.3 Å². The fourth-order valence-electron chi connectivity index (χ4n) is 1.94. The molecule has 0 aliphatic carbocycles. The molecule has 0 radical (unpaired) electrons. The van der Waals surface area contributed by atoms with Crippen molar-refractivity contribution < 1.29 is 0 Å². The van der Waals surface area contributed by atoms with Crippen LogP contribution in [0.2, 0.25) is 0 Å². The van der Waals surface area contributed by atoms with Gasteiger partial charge >= 0.3 is 0 Å². The number of imidazole rings is 1. The van der Waals surface area contributed by atoms with Crippen LogP contribution in [0.4, 0.5) is 0 Å². The second kappa shape index (κ2) is 5.29. The van der Waals surface area contributed by atoms with Gasteiger partial charge in [0, 0.05) is 25.0 Å². The summed E-state index contributed by atoms with van der Waals surface area (Å²) in [6.07, 6.45) is 5.13. The normalized spacial score (nSPS) is 13.4. The molecule has 2 heterocycles. The van der Waals surface area contributed by atoms with Crippen molar-refractivity contribution in [3.05, 3.63) is 36.3 Å². The zero-order valence-electron chi connectivity index (χ0n) is 10.5. The van der Waals surface area contributed by atoms with Crippen LogP contribution in [0.15, 0.2) is 30.6 Å². The average molecular weight is 232 g/mol. The van der Waals surface area contributed by atoms with Gasteiger partial charge in [-0.05, 0) is 39.1 Å². The van der Waals surface area contributed by atoms with Crippen LogP contribution in [0.3, 0.4) is 0 Å². The van der Waals surface area contributed by atoms with Crippen LogP contribution in [0.1, 0.15) is 19.0 Å². The fraction of sp³-hybridized carbons (Fsp3) is 0.462. The minimum absolute atomic E-state index is 0.491. The molecule has 2 rings (SSSR count). The second-order valence-corrected chi connectivity index (χ2v) is 4.54. The Morgan fingerprint density at radius 3 is 3.00 bits per heavy atom. The molecular formula is C13H20N4. The Hall–Kier alpha value is -1.39. The van der Waals surface area contributed by atoms with Gasteiger partial charge in [-0.25, -0.2) is 4.98 Å². The number of fused-ring (bicyclic) bond motifs is 1. The van der Waals surface area contributed by atoms with Crippen molar-refractivity contribution in [2.75, 3.05) is 13.6 Å². The third-order valence-electron chi connectivity index (χ3n) is 3.16. The van der Waals surface area contributed by atoms with E-state index in [-0.39, 0.29) is 0 Å². The first kappa shape index (κ1) is 12.1. The lowest BCUT2D eigenvalue weighted by Crippen LogP contribution is -2.30. The predicted molar refractivity (Wildman–Crippen MR) is 69.8 cm³/mol. The number of aromatic nitrogens is 2. The zero-order chi connectivity index (χ0) is 12.3. The first-order valence-corrected chi connectivity index (χ1v) is 6.03. The Kier molecular flexibility index (Phi) is 3.76. The summed E-state index contributed by atoms with van der Waals surface area (Å²) in [4.78, 5) is 6.87. The van der Waals surface area contributed by atoms with E-state index in [2.05, 4.69) is 34.5 Å². The van der Waals surface area contributed by atoms with Gasteiger partial charge in [-0.15, -0.1) is 0 Å². The van der Waals surface area contributed by atoms with Gasteiger partial charge in [0.05, 0.1) is 5.69 Å². The van der Waals surface area contributed by atoms with Crippen molar-refractivity contribution >= 4 is 5.65 Å². The summed E-state index contributed by atoms with van der Waals surface area (Å²) in [5, 5.41) is 0. The van der Waals surface area contributed by atoms with Crippen LogP contribution >= 0.6 is 0 Å². The Morgan fingerprint density at radius 1 is 1.47 bits per heavy atom. The van der Waals surface area contributed by atoms with Crippen molar-refractivity contribution in [2.45, 2.75) is 25.9 Å². The second-order valence-electron chi connectivity index (χ2n) is 4.54. The third kappa shape index (κ3) is 2.84. The van der Waals surface area contributed by atoms with Gasteiger partial charge in [0.15, 0.2) is 0 Å². The van der Waals surface area contributed by atoms with Crippen molar-refractivity contribution in [3.8, 4) is 0 Å². The SMILES string of the molecule is CC(CCN)N(C)Cc1cn2ccccc2n1. The Morgan fingerprint density at radius 2 is 2.29 bits per heavy atom. The van der Waals surface area contributed by atoms with Crippen molar-refractivity contribution in [1.29, 1.82) is 0 Å². The molecule has 0 aliphatic rings. The molecule has 0 amide bonds. The molecule has 17 heavy (non-hydrogen) atoms. The Bertz CT molecular complexity index is 444. The highest BCUT2D eigenvalue weighted by atomic mass is 15.1. The van der Waals surface area contributed by atoms with E-state index in [0.717, 1.165) is 30.9 Å². The van der Waals surface area contributed by atoms with Crippen molar-refractivity contribution in [3.63, 3.8) is 0 Å². The van der Waals surface area contributed by atoms with Gasteiger partial charge in [-0.1, -0.05) is 6.07 Å². The lowest BCUT2D eigenvalue weighted by atomic mass is 10.2. The van der Waals surface area contributed by atoms with Gasteiger partial charge in [0.25, 0.3) is 0 Å². The summed E-state index contributed by atoms with van der Waals surface area (Å²) in [6, 6.07) is 6.53. The first-order chi connectivity index (χ1) is 8.20. The van der Waals surface area contributed by atoms with E-state index in [1.54, 1.807) is 0 Å². The number of pyridine rings is 1. The molecular weight excluding hydrogens is 212 g/mol. The van der Waals surface area contributed by atoms with Crippen LogP contribution in [0.25, 0.3) is 5.65 Å². The molecule has 0 saturated heterocycles. The van der Waals surface area contributed by atoms with E-state index in [0.29, 0.717) is 6.04 Å². The summed E-state index contributed by atoms with van der Waals surface area (Å²) in [5.74, 6) is 0. The molecule has 92 valence electrons. The van der Waals surface area contributed by atoms with Gasteiger partial charge in [-0.2, -0.15) is 0 Å². The molecule has 0 aromatic carbocycles. The summed E-state index contributed by atoms with van der Waals surface area (Å²) in [6.45, 7) is 3.79. The van der Waals surface area contributed by atoms with Gasteiger partial charge in [0.1, 0.15) is 5.65 Å². The standard InChI is InChI=1S/C13H20N4/c1-11(6-7-14)16(2)9-12-10-17-8-4-3-5-13(17)15-12/h3-5,8,10-11H,6-7,9,14H2,1-2H3. The number of hydrogen-bond donors (Lipinski definition) is 1. The van der Waals surface area contributed by atoms with Crippen LogP contribution in [-0.4, -0.2) is 33.9 Å². The molecule has 4 heteroatoms. The summed E-state index contributed by atoms with van der Waals surface area (Å²) < 4.78 is 2.05. The maximum absolute atomic E-state index is 5.58. The maximum Gasteiger partial charge on any atom is 0.137 e. The minimum Gasteiger partial charge on any atom is -0.330 e. The van der Waals surface area contributed by atoms with Crippen molar-refractivity contribution in [2.24, 2.45) is 5.73 Å². The third-order valence-corrected chi connectivity index (χ3v) is 3.16. The van der Waals surface area contributed by atoms with Gasteiger partial charge in [0.2, 0.25) is 0 Å². The molecule has 0 bridgehead atoms. The van der Waals surface area contributed by atoms with Gasteiger partial charge in [-0.3, -0.25) is 4.90 Å². The predicted octanol–water partition coefficient (Wildman–Crippen LogP) is 1.50. The Balaban J connectivity index is 2.07. The highest BCUT2D eigenvalue weighted by Gasteiger charge is 2.10. The number of hydrogen-bond acceptors (Lipinski definition) is 3. The van der Waals surface area contributed by atoms with Crippen LogP contribution in [-0.2, 0) is 6.54 Å². The molecule has 2 aromatic heterocycles. The molecule has 1 atom stereocenters. The molecule has 1 unspecified atom stereocenters. The topological polar surface area (TPSA) is 46.6 Å². The van der Waals surface area contributed by atoms with E-state index in [9.17, 15) is 0 Å². The lowest BCUT2D eigenvalue weighted by molar-refractivity contribution is 0.238. The van der Waals surface area contributed by atoms with Gasteiger partial charge < -0.3 is 10.1 Å².